The van der Waals surface area contributed by atoms with E-state index in [1.165, 1.54) is 12.3 Å². The Kier molecular flexibility index (Phi) is 3.89. The zero-order valence-corrected chi connectivity index (χ0v) is 12.7. The fourth-order valence-electron chi connectivity index (χ4n) is 3.29. The van der Waals surface area contributed by atoms with Crippen molar-refractivity contribution in [3.05, 3.63) is 28.0 Å². The van der Waals surface area contributed by atoms with Crippen molar-refractivity contribution in [1.29, 1.82) is 0 Å². The molecule has 1 aliphatic heterocycles. The molecule has 6 heteroatoms. The number of halogens is 2. The van der Waals surface area contributed by atoms with E-state index >= 15 is 0 Å². The maximum Gasteiger partial charge on any atom is 0.257 e. The van der Waals surface area contributed by atoms with Crippen molar-refractivity contribution in [2.24, 2.45) is 5.92 Å². The Bertz CT molecular complexity index is 538. The quantitative estimate of drug-likeness (QED) is 0.805. The molecule has 3 rings (SSSR count). The van der Waals surface area contributed by atoms with E-state index in [2.05, 4.69) is 4.98 Å². The highest BCUT2D eigenvalue weighted by atomic mass is 35.5. The number of carbonyl (C=O) groups excluding carboxylic acids is 1. The molecule has 2 bridgehead atoms. The van der Waals surface area contributed by atoms with Gasteiger partial charge in [0.15, 0.2) is 0 Å². The molecule has 0 aromatic carbocycles. The zero-order valence-electron chi connectivity index (χ0n) is 11.2. The van der Waals surface area contributed by atoms with Gasteiger partial charge in [-0.3, -0.25) is 4.79 Å². The number of aromatic nitrogens is 1. The van der Waals surface area contributed by atoms with Gasteiger partial charge >= 0.3 is 0 Å². The summed E-state index contributed by atoms with van der Waals surface area (Å²) in [6.07, 6.45) is 3.70. The Morgan fingerprint density at radius 1 is 1.50 bits per heavy atom. The molecule has 1 amide bonds. The molecular formula is C14H16Cl2N2O2. The van der Waals surface area contributed by atoms with Gasteiger partial charge in [-0.2, -0.15) is 0 Å². The molecule has 4 nitrogen and oxygen atoms in total. The number of hydrogen-bond acceptors (Lipinski definition) is 3. The summed E-state index contributed by atoms with van der Waals surface area (Å²) in [5.41, 5.74) is 0.427. The average Bonchev–Trinajstić information content (AvgIpc) is 2.98. The lowest BCUT2D eigenvalue weighted by Gasteiger charge is -2.31. The van der Waals surface area contributed by atoms with Gasteiger partial charge in [-0.15, -0.1) is 0 Å². The second-order valence-electron chi connectivity index (χ2n) is 5.32. The first-order chi connectivity index (χ1) is 9.60. The number of piperidine rings is 1. The molecular weight excluding hydrogens is 299 g/mol. The van der Waals surface area contributed by atoms with Crippen LogP contribution < -0.4 is 0 Å². The van der Waals surface area contributed by atoms with Crippen LogP contribution in [0.3, 0.4) is 0 Å². The second-order valence-corrected chi connectivity index (χ2v) is 6.12. The van der Waals surface area contributed by atoms with Gasteiger partial charge in [0.25, 0.3) is 5.91 Å². The van der Waals surface area contributed by atoms with E-state index in [1.807, 2.05) is 11.8 Å². The van der Waals surface area contributed by atoms with Crippen LogP contribution in [0.5, 0.6) is 0 Å². The largest absolute Gasteiger partial charge is 0.378 e. The van der Waals surface area contributed by atoms with Crippen LogP contribution in [0.25, 0.3) is 0 Å². The van der Waals surface area contributed by atoms with E-state index in [9.17, 15) is 4.79 Å². The third-order valence-corrected chi connectivity index (χ3v) is 4.69. The van der Waals surface area contributed by atoms with E-state index in [0.29, 0.717) is 27.8 Å². The molecule has 0 N–H and O–H groups in total. The Morgan fingerprint density at radius 3 is 2.90 bits per heavy atom. The van der Waals surface area contributed by atoms with E-state index in [4.69, 9.17) is 27.9 Å². The van der Waals surface area contributed by atoms with E-state index < -0.39 is 0 Å². The topological polar surface area (TPSA) is 42.4 Å². The number of fused-ring (bicyclic) bond motifs is 2. The van der Waals surface area contributed by atoms with Gasteiger partial charge in [0.2, 0.25) is 0 Å². The average molecular weight is 315 g/mol. The molecule has 2 heterocycles. The van der Waals surface area contributed by atoms with Crippen LogP contribution in [-0.2, 0) is 4.74 Å². The third-order valence-electron chi connectivity index (χ3n) is 4.17. The second kappa shape index (κ2) is 5.51. The van der Waals surface area contributed by atoms with Crippen LogP contribution in [0.15, 0.2) is 12.3 Å². The van der Waals surface area contributed by atoms with Crippen molar-refractivity contribution in [3.63, 3.8) is 0 Å². The Balaban J connectivity index is 1.74. The van der Waals surface area contributed by atoms with Gasteiger partial charge in [0.1, 0.15) is 5.15 Å². The minimum Gasteiger partial charge on any atom is -0.378 e. The van der Waals surface area contributed by atoms with Crippen molar-refractivity contribution < 1.29 is 9.53 Å². The highest BCUT2D eigenvalue weighted by molar-refractivity contribution is 6.36. The molecule has 1 saturated heterocycles. The normalized spacial score (nSPS) is 28.1. The molecule has 20 heavy (non-hydrogen) atoms. The summed E-state index contributed by atoms with van der Waals surface area (Å²) in [6.45, 7) is 3.48. The van der Waals surface area contributed by atoms with Crippen LogP contribution >= 0.6 is 23.2 Å². The predicted molar refractivity (Wildman–Crippen MR) is 77.2 cm³/mol. The summed E-state index contributed by atoms with van der Waals surface area (Å²) in [4.78, 5) is 18.4. The summed E-state index contributed by atoms with van der Waals surface area (Å²) in [6, 6.07) is 1.77. The number of pyridine rings is 1. The molecule has 2 unspecified atom stereocenters. The Hall–Kier alpha value is -0.840. The summed E-state index contributed by atoms with van der Waals surface area (Å²) in [7, 11) is 0. The highest BCUT2D eigenvalue weighted by Crippen LogP contribution is 2.40. The molecule has 1 aliphatic carbocycles. The number of rotatable bonds is 3. The third kappa shape index (κ3) is 2.41. The minimum atomic E-state index is -0.0541. The van der Waals surface area contributed by atoms with Gasteiger partial charge in [-0.05, 0) is 25.8 Å². The number of nitrogens with zero attached hydrogens (tertiary/aromatic N) is 2. The van der Waals surface area contributed by atoms with Crippen molar-refractivity contribution in [2.75, 3.05) is 13.2 Å². The van der Waals surface area contributed by atoms with Crippen molar-refractivity contribution in [3.8, 4) is 0 Å². The van der Waals surface area contributed by atoms with Gasteiger partial charge in [0, 0.05) is 31.3 Å². The van der Waals surface area contributed by atoms with Crippen LogP contribution in [0, 0.1) is 5.92 Å². The smallest absolute Gasteiger partial charge is 0.257 e. The van der Waals surface area contributed by atoms with Crippen molar-refractivity contribution in [2.45, 2.75) is 31.9 Å². The lowest BCUT2D eigenvalue weighted by Crippen LogP contribution is -2.42. The van der Waals surface area contributed by atoms with E-state index in [-0.39, 0.29) is 11.9 Å². The Morgan fingerprint density at radius 2 is 2.30 bits per heavy atom. The standard InChI is InChI=1S/C14H16Cl2N2O2/c1-2-20-12-4-9-3-8(12)7-18(9)14(19)10-6-17-13(16)5-11(10)15/h5-6,8-9,12H,2-4,7H2,1H3/t8?,9?,12-/m0/s1. The number of likely N-dealkylation sites (tertiary alicyclic amines) is 1. The molecule has 108 valence electrons. The lowest BCUT2D eigenvalue weighted by atomic mass is 10.1. The monoisotopic (exact) mass is 314 g/mol. The summed E-state index contributed by atoms with van der Waals surface area (Å²) in [5, 5.41) is 0.657. The number of ether oxygens (including phenoxy) is 1. The van der Waals surface area contributed by atoms with E-state index in [1.54, 1.807) is 0 Å². The molecule has 1 saturated carbocycles. The fraction of sp³-hybridized carbons (Fsp3) is 0.571. The van der Waals surface area contributed by atoms with Crippen molar-refractivity contribution >= 4 is 29.1 Å². The van der Waals surface area contributed by atoms with Gasteiger partial charge < -0.3 is 9.64 Å². The Labute approximate surface area is 128 Å². The molecule has 2 fully saturated rings. The summed E-state index contributed by atoms with van der Waals surface area (Å²) in [5.74, 6) is 0.393. The molecule has 0 spiro atoms. The van der Waals surface area contributed by atoms with E-state index in [0.717, 1.165) is 26.0 Å². The predicted octanol–water partition coefficient (Wildman–Crippen LogP) is 3.03. The number of amides is 1. The minimum absolute atomic E-state index is 0.0541. The first kappa shape index (κ1) is 14.1. The van der Waals surface area contributed by atoms with Crippen LogP contribution in [0.2, 0.25) is 10.2 Å². The molecule has 1 aromatic heterocycles. The first-order valence-corrected chi connectivity index (χ1v) is 7.59. The SMILES string of the molecule is CCO[C@H]1CC2CC1CN2C(=O)c1cnc(Cl)cc1Cl. The molecule has 1 aromatic rings. The van der Waals surface area contributed by atoms with Crippen LogP contribution in [0.1, 0.15) is 30.1 Å². The number of hydrogen-bond donors (Lipinski definition) is 0. The number of carbonyl (C=O) groups is 1. The molecule has 3 atom stereocenters. The van der Waals surface area contributed by atoms with Crippen LogP contribution in [-0.4, -0.2) is 41.1 Å². The first-order valence-electron chi connectivity index (χ1n) is 6.83. The summed E-state index contributed by atoms with van der Waals surface area (Å²) >= 11 is 11.8. The molecule has 2 aliphatic rings. The van der Waals surface area contributed by atoms with Crippen LogP contribution in [0.4, 0.5) is 0 Å². The lowest BCUT2D eigenvalue weighted by molar-refractivity contribution is 0.00755. The van der Waals surface area contributed by atoms with Crippen molar-refractivity contribution in [1.82, 2.24) is 9.88 Å². The highest BCUT2D eigenvalue weighted by Gasteiger charge is 2.47. The maximum absolute atomic E-state index is 12.6. The molecule has 0 radical (unpaired) electrons. The van der Waals surface area contributed by atoms with Gasteiger partial charge in [-0.25, -0.2) is 4.98 Å². The van der Waals surface area contributed by atoms with Gasteiger partial charge in [-0.1, -0.05) is 23.2 Å². The maximum atomic E-state index is 12.6. The zero-order chi connectivity index (χ0) is 14.3. The fourth-order valence-corrected chi connectivity index (χ4v) is 3.74. The van der Waals surface area contributed by atoms with Gasteiger partial charge in [0.05, 0.1) is 16.7 Å². The summed E-state index contributed by atoms with van der Waals surface area (Å²) < 4.78 is 5.72.